The summed E-state index contributed by atoms with van der Waals surface area (Å²) in [5.41, 5.74) is 6.83. The van der Waals surface area contributed by atoms with Crippen molar-refractivity contribution in [3.63, 3.8) is 0 Å². The van der Waals surface area contributed by atoms with E-state index < -0.39 is 0 Å². The Hall–Kier alpha value is -7.74. The van der Waals surface area contributed by atoms with Gasteiger partial charge in [-0.15, -0.1) is 0 Å². The first kappa shape index (κ1) is 39.1. The number of benzene rings is 6. The second kappa shape index (κ2) is 17.4. The van der Waals surface area contributed by atoms with Crippen molar-refractivity contribution in [3.05, 3.63) is 156 Å². The highest BCUT2D eigenvalue weighted by Crippen LogP contribution is 2.33. The maximum Gasteiger partial charge on any atom is 0.313 e. The Kier molecular flexibility index (Phi) is 11.3. The molecule has 0 atom stereocenters. The summed E-state index contributed by atoms with van der Waals surface area (Å²) in [5, 5.41) is 19.8. The molecule has 0 aliphatic heterocycles. The quantitative estimate of drug-likeness (QED) is 0.109. The van der Waals surface area contributed by atoms with Gasteiger partial charge in [0, 0.05) is 9.59 Å². The molecule has 8 rings (SSSR count). The average Bonchev–Trinajstić information content (AvgIpc) is 3.93. The van der Waals surface area contributed by atoms with Crippen molar-refractivity contribution in [1.82, 2.24) is 30.0 Å². The fraction of sp³-hybridized carbons (Fsp3) is 0.174. The molecule has 302 valence electrons. The van der Waals surface area contributed by atoms with Gasteiger partial charge in [0.15, 0.2) is 34.5 Å². The van der Waals surface area contributed by atoms with Gasteiger partial charge in [-0.2, -0.15) is 0 Å². The lowest BCUT2D eigenvalue weighted by Crippen LogP contribution is -2.43. The summed E-state index contributed by atoms with van der Waals surface area (Å²) in [6.45, 7) is 0. The lowest BCUT2D eigenvalue weighted by atomic mass is 10.0. The zero-order chi connectivity index (χ0) is 41.6. The van der Waals surface area contributed by atoms with Crippen LogP contribution in [0.25, 0.3) is 33.9 Å². The van der Waals surface area contributed by atoms with E-state index in [0.717, 1.165) is 33.6 Å². The molecule has 6 aromatic carbocycles. The fourth-order valence-corrected chi connectivity index (χ4v) is 6.95. The summed E-state index contributed by atoms with van der Waals surface area (Å²) in [7, 11) is 9.77. The van der Waals surface area contributed by atoms with Crippen LogP contribution in [0.3, 0.4) is 0 Å². The number of ether oxygens (including phenoxy) is 6. The molecule has 0 aliphatic carbocycles. The summed E-state index contributed by atoms with van der Waals surface area (Å²) in [4.78, 5) is 7.05. The highest BCUT2D eigenvalue weighted by Gasteiger charge is 2.28. The molecule has 0 unspecified atom stereocenters. The van der Waals surface area contributed by atoms with E-state index in [1.807, 2.05) is 133 Å². The zero-order valence-electron chi connectivity index (χ0n) is 34.1. The van der Waals surface area contributed by atoms with Crippen LogP contribution in [0.1, 0.15) is 22.8 Å². The number of aromatic nitrogens is 8. The molecule has 0 spiro atoms. The Morgan fingerprint density at radius 1 is 0.400 bits per heavy atom. The minimum atomic E-state index is 0.459. The number of methoxy groups -OCH3 is 6. The molecule has 0 fully saturated rings. The molecule has 0 saturated carbocycles. The number of rotatable bonds is 15. The van der Waals surface area contributed by atoms with Crippen LogP contribution in [0.5, 0.6) is 34.5 Å². The zero-order valence-corrected chi connectivity index (χ0v) is 34.1. The molecule has 0 amide bonds. The molecule has 0 N–H and O–H groups in total. The van der Waals surface area contributed by atoms with Gasteiger partial charge in [0.05, 0.1) is 65.7 Å². The van der Waals surface area contributed by atoms with Crippen molar-refractivity contribution in [2.75, 3.05) is 42.7 Å². The fourth-order valence-electron chi connectivity index (χ4n) is 6.95. The van der Waals surface area contributed by atoms with Crippen LogP contribution in [0.2, 0.25) is 0 Å². The first-order chi connectivity index (χ1) is 29.4. The molecule has 8 aromatic rings. The highest BCUT2D eigenvalue weighted by molar-refractivity contribution is 5.70. The van der Waals surface area contributed by atoms with E-state index >= 15 is 0 Å². The van der Waals surface area contributed by atoms with Gasteiger partial charge in [-0.05, 0) is 127 Å². The molecule has 2 heterocycles. The van der Waals surface area contributed by atoms with Crippen molar-refractivity contribution < 1.29 is 38.0 Å². The molecular formula is C46H44N8O6+2. The van der Waals surface area contributed by atoms with Crippen LogP contribution in [0.4, 0.5) is 0 Å². The van der Waals surface area contributed by atoms with Gasteiger partial charge in [0.2, 0.25) is 11.4 Å². The Labute approximate surface area is 347 Å². The first-order valence-electron chi connectivity index (χ1n) is 19.1. The van der Waals surface area contributed by atoms with Gasteiger partial charge in [-0.1, -0.05) is 48.5 Å². The molecule has 0 aliphatic rings. The average molecular weight is 805 g/mol. The van der Waals surface area contributed by atoms with Gasteiger partial charge in [-0.25, -0.2) is 0 Å². The summed E-state index contributed by atoms with van der Waals surface area (Å²) in [6.07, 6.45) is 0.918. The Morgan fingerprint density at radius 3 is 1.15 bits per heavy atom. The topological polar surface area (TPSA) is 125 Å². The molecular weight excluding hydrogens is 761 g/mol. The number of nitrogens with zero attached hydrogens (tertiary/aromatic N) is 8. The van der Waals surface area contributed by atoms with Crippen molar-refractivity contribution >= 4 is 0 Å². The van der Waals surface area contributed by atoms with E-state index in [4.69, 9.17) is 48.8 Å². The standard InChI is InChI=1S/C46H44N8O6/c1-55-39-23-17-31(25-43(39)59-5)27-45-47-51(35-13-9-7-10-14-35)53(49-45)37-21-19-33(29-41(37)57-3)34-20-22-38(42(30-34)58-4)54-50-46(48-52(54)36-15-11-8-12-16-36)28-32-18-24-40(56-2)44(26-32)60-6/h7-26,29-30H,27-28H2,1-6H3/q+2. The van der Waals surface area contributed by atoms with Crippen molar-refractivity contribution in [2.24, 2.45) is 0 Å². The maximum atomic E-state index is 6.03. The second-order valence-corrected chi connectivity index (χ2v) is 13.6. The molecule has 0 bridgehead atoms. The van der Waals surface area contributed by atoms with Crippen LogP contribution in [-0.2, 0) is 12.8 Å². The molecule has 60 heavy (non-hydrogen) atoms. The maximum absolute atomic E-state index is 6.03. The summed E-state index contributed by atoms with van der Waals surface area (Å²) < 4.78 is 34.0. The Balaban J connectivity index is 1.15. The minimum absolute atomic E-state index is 0.459. The molecule has 0 saturated heterocycles. The van der Waals surface area contributed by atoms with Gasteiger partial charge < -0.3 is 28.4 Å². The third-order valence-electron chi connectivity index (χ3n) is 9.92. The van der Waals surface area contributed by atoms with Gasteiger partial charge in [-0.3, -0.25) is 0 Å². The first-order valence-corrected chi connectivity index (χ1v) is 19.1. The van der Waals surface area contributed by atoms with Crippen LogP contribution in [0.15, 0.2) is 133 Å². The number of hydrogen-bond acceptors (Lipinski definition) is 10. The van der Waals surface area contributed by atoms with Gasteiger partial charge in [0.25, 0.3) is 0 Å². The summed E-state index contributed by atoms with van der Waals surface area (Å²) >= 11 is 0. The van der Waals surface area contributed by atoms with E-state index in [1.54, 1.807) is 61.8 Å². The highest BCUT2D eigenvalue weighted by atomic mass is 16.5. The molecule has 0 radical (unpaired) electrons. The number of para-hydroxylation sites is 2. The van der Waals surface area contributed by atoms with E-state index in [9.17, 15) is 0 Å². The predicted molar refractivity (Wildman–Crippen MR) is 223 cm³/mol. The van der Waals surface area contributed by atoms with Crippen LogP contribution in [0, 0.1) is 0 Å². The SMILES string of the molecule is COc1ccc(Cc2nn(-c3ccccc3)[n+](-c3ccc(-c4ccc(-[n+]5nc(Cc6ccc(OC)c(OC)c6)nn5-c5ccccc5)c(OC)c4)cc3OC)n2)cc1OC. The van der Waals surface area contributed by atoms with Crippen molar-refractivity contribution in [2.45, 2.75) is 12.8 Å². The number of hydrogen-bond donors (Lipinski definition) is 0. The summed E-state index contributed by atoms with van der Waals surface area (Å²) in [6, 6.07) is 43.3. The van der Waals surface area contributed by atoms with E-state index in [-0.39, 0.29) is 0 Å². The monoisotopic (exact) mass is 804 g/mol. The lowest BCUT2D eigenvalue weighted by Gasteiger charge is -2.11. The van der Waals surface area contributed by atoms with Gasteiger partial charge >= 0.3 is 11.6 Å². The third kappa shape index (κ3) is 7.90. The van der Waals surface area contributed by atoms with Crippen LogP contribution in [-0.4, -0.2) is 72.6 Å². The normalized spacial score (nSPS) is 11.0. The van der Waals surface area contributed by atoms with Crippen molar-refractivity contribution in [3.8, 4) is 68.4 Å². The predicted octanol–water partition coefficient (Wildman–Crippen LogP) is 6.30. The van der Waals surface area contributed by atoms with E-state index in [0.29, 0.717) is 70.4 Å². The third-order valence-corrected chi connectivity index (χ3v) is 9.92. The largest absolute Gasteiger partial charge is 0.493 e. The molecule has 2 aromatic heterocycles. The Bertz CT molecular complexity index is 2570. The summed E-state index contributed by atoms with van der Waals surface area (Å²) in [5.74, 6) is 4.99. The van der Waals surface area contributed by atoms with E-state index in [2.05, 4.69) is 0 Å². The van der Waals surface area contributed by atoms with Crippen LogP contribution < -0.4 is 38.0 Å². The molecule has 14 heteroatoms. The van der Waals surface area contributed by atoms with E-state index in [1.165, 1.54) is 0 Å². The molecule has 14 nitrogen and oxygen atoms in total. The van der Waals surface area contributed by atoms with Crippen LogP contribution >= 0.6 is 0 Å². The lowest BCUT2D eigenvalue weighted by molar-refractivity contribution is -0.735. The smallest absolute Gasteiger partial charge is 0.313 e. The minimum Gasteiger partial charge on any atom is -0.493 e. The van der Waals surface area contributed by atoms with Crippen molar-refractivity contribution in [1.29, 1.82) is 0 Å². The Morgan fingerprint density at radius 2 is 0.783 bits per heavy atom. The second-order valence-electron chi connectivity index (χ2n) is 13.6. The number of tetrazole rings is 2. The van der Waals surface area contributed by atoms with Gasteiger partial charge in [0.1, 0.15) is 11.4 Å².